The summed E-state index contributed by atoms with van der Waals surface area (Å²) in [5, 5.41) is 4.18. The average molecular weight is 482 g/mol. The summed E-state index contributed by atoms with van der Waals surface area (Å²) in [6, 6.07) is 12.0. The molecule has 1 aliphatic rings. The lowest BCUT2D eigenvalue weighted by atomic mass is 9.93. The highest BCUT2D eigenvalue weighted by Crippen LogP contribution is 2.33. The Morgan fingerprint density at radius 2 is 2.06 bits per heavy atom. The fourth-order valence-electron chi connectivity index (χ4n) is 4.60. The van der Waals surface area contributed by atoms with Crippen LogP contribution in [-0.2, 0) is 32.4 Å². The van der Waals surface area contributed by atoms with Crippen LogP contribution in [0.1, 0.15) is 28.0 Å². The number of nitrogens with one attached hydrogen (secondary N) is 1. The minimum absolute atomic E-state index is 0.00518. The highest BCUT2D eigenvalue weighted by atomic mass is 32.1. The van der Waals surface area contributed by atoms with E-state index < -0.39 is 11.6 Å². The maximum Gasteiger partial charge on any atom is 0.262 e. The first-order valence-electron chi connectivity index (χ1n) is 11.3. The van der Waals surface area contributed by atoms with Crippen LogP contribution in [0.5, 0.6) is 5.75 Å². The number of thiophene rings is 1. The number of ether oxygens (including phenoxy) is 1. The first-order chi connectivity index (χ1) is 16.5. The molecule has 2 aromatic carbocycles. The largest absolute Gasteiger partial charge is 0.496 e. The molecule has 8 heteroatoms. The quantitative estimate of drug-likeness (QED) is 0.418. The van der Waals surface area contributed by atoms with Gasteiger partial charge in [-0.3, -0.25) is 9.36 Å². The number of hydrogen-bond donors (Lipinski definition) is 1. The Morgan fingerprint density at radius 3 is 2.88 bits per heavy atom. The van der Waals surface area contributed by atoms with Crippen molar-refractivity contribution in [2.75, 3.05) is 7.11 Å². The van der Waals surface area contributed by atoms with Crippen LogP contribution in [0.4, 0.5) is 8.78 Å². The van der Waals surface area contributed by atoms with Crippen molar-refractivity contribution in [1.29, 1.82) is 0 Å². The molecule has 1 atom stereocenters. The van der Waals surface area contributed by atoms with Crippen molar-refractivity contribution in [1.82, 2.24) is 14.9 Å². The summed E-state index contributed by atoms with van der Waals surface area (Å²) in [6.07, 6.45) is 4.78. The second-order valence-corrected chi connectivity index (χ2v) is 9.64. The second-order valence-electron chi connectivity index (χ2n) is 8.56. The third-order valence-corrected chi connectivity index (χ3v) is 7.59. The summed E-state index contributed by atoms with van der Waals surface area (Å²) in [7, 11) is 1.65. The zero-order valence-electron chi connectivity index (χ0n) is 18.8. The van der Waals surface area contributed by atoms with Gasteiger partial charge in [-0.1, -0.05) is 24.3 Å². The van der Waals surface area contributed by atoms with Crippen molar-refractivity contribution < 1.29 is 13.5 Å². The monoisotopic (exact) mass is 481 g/mol. The van der Waals surface area contributed by atoms with Gasteiger partial charge in [-0.25, -0.2) is 13.8 Å². The van der Waals surface area contributed by atoms with E-state index in [-0.39, 0.29) is 11.6 Å². The Bertz CT molecular complexity index is 1400. The van der Waals surface area contributed by atoms with Gasteiger partial charge in [0, 0.05) is 24.0 Å². The number of para-hydroxylation sites is 1. The number of fused-ring (bicyclic) bond motifs is 3. The topological polar surface area (TPSA) is 56.2 Å². The SMILES string of the molecule is COc1ccccc1CCn1cnc2sc3c(c2c1=O)CCC(NCc1ccc(F)c(F)c1)C3. The van der Waals surface area contributed by atoms with Gasteiger partial charge in [0.1, 0.15) is 10.6 Å². The zero-order chi connectivity index (χ0) is 23.7. The van der Waals surface area contributed by atoms with Crippen LogP contribution in [0.25, 0.3) is 10.2 Å². The van der Waals surface area contributed by atoms with E-state index in [0.29, 0.717) is 25.1 Å². The van der Waals surface area contributed by atoms with Gasteiger partial charge < -0.3 is 10.1 Å². The molecule has 5 rings (SSSR count). The molecule has 2 heterocycles. The second kappa shape index (κ2) is 9.64. The van der Waals surface area contributed by atoms with Gasteiger partial charge in [-0.15, -0.1) is 11.3 Å². The lowest BCUT2D eigenvalue weighted by Crippen LogP contribution is -2.34. The predicted octanol–water partition coefficient (Wildman–Crippen LogP) is 4.63. The van der Waals surface area contributed by atoms with Gasteiger partial charge in [0.05, 0.1) is 18.8 Å². The van der Waals surface area contributed by atoms with E-state index in [9.17, 15) is 13.6 Å². The number of methoxy groups -OCH3 is 1. The Labute approximate surface area is 200 Å². The molecule has 0 aliphatic heterocycles. The fourth-order valence-corrected chi connectivity index (χ4v) is 5.85. The van der Waals surface area contributed by atoms with E-state index in [2.05, 4.69) is 10.3 Å². The Balaban J connectivity index is 1.31. The van der Waals surface area contributed by atoms with E-state index in [1.54, 1.807) is 35.4 Å². The lowest BCUT2D eigenvalue weighted by molar-refractivity contribution is 0.408. The van der Waals surface area contributed by atoms with Gasteiger partial charge >= 0.3 is 0 Å². The van der Waals surface area contributed by atoms with Gasteiger partial charge in [0.15, 0.2) is 11.6 Å². The third kappa shape index (κ3) is 4.48. The average Bonchev–Trinajstić information content (AvgIpc) is 3.23. The minimum Gasteiger partial charge on any atom is -0.496 e. The molecule has 4 aromatic rings. The molecule has 0 saturated carbocycles. The van der Waals surface area contributed by atoms with E-state index in [1.165, 1.54) is 10.9 Å². The first-order valence-corrected chi connectivity index (χ1v) is 12.1. The number of hydrogen-bond acceptors (Lipinski definition) is 5. The molecule has 0 amide bonds. The van der Waals surface area contributed by atoms with Crippen LogP contribution in [0, 0.1) is 11.6 Å². The first kappa shape index (κ1) is 22.7. The number of aromatic nitrogens is 2. The number of aryl methyl sites for hydroxylation is 3. The van der Waals surface area contributed by atoms with Crippen LogP contribution in [0.15, 0.2) is 53.6 Å². The van der Waals surface area contributed by atoms with Gasteiger partial charge in [0.25, 0.3) is 5.56 Å². The van der Waals surface area contributed by atoms with Crippen molar-refractivity contribution >= 4 is 21.6 Å². The normalized spacial score (nSPS) is 15.4. The van der Waals surface area contributed by atoms with E-state index in [1.807, 2.05) is 24.3 Å². The molecule has 0 fully saturated rings. The molecule has 0 spiro atoms. The molecule has 5 nitrogen and oxygen atoms in total. The van der Waals surface area contributed by atoms with Crippen LogP contribution < -0.4 is 15.6 Å². The third-order valence-electron chi connectivity index (χ3n) is 6.43. The molecule has 34 heavy (non-hydrogen) atoms. The number of benzene rings is 2. The maximum atomic E-state index is 13.5. The summed E-state index contributed by atoms with van der Waals surface area (Å²) in [5.41, 5.74) is 2.88. The Morgan fingerprint density at radius 1 is 1.21 bits per heavy atom. The van der Waals surface area contributed by atoms with Gasteiger partial charge in [0.2, 0.25) is 0 Å². The van der Waals surface area contributed by atoms with Crippen LogP contribution in [0.3, 0.4) is 0 Å². The highest BCUT2D eigenvalue weighted by molar-refractivity contribution is 7.18. The van der Waals surface area contributed by atoms with Crippen LogP contribution >= 0.6 is 11.3 Å². The highest BCUT2D eigenvalue weighted by Gasteiger charge is 2.25. The molecular weight excluding hydrogens is 456 g/mol. The van der Waals surface area contributed by atoms with E-state index >= 15 is 0 Å². The van der Waals surface area contributed by atoms with Crippen LogP contribution in [-0.4, -0.2) is 22.7 Å². The molecule has 1 N–H and O–H groups in total. The Kier molecular flexibility index (Phi) is 6.43. The summed E-state index contributed by atoms with van der Waals surface area (Å²) in [6.45, 7) is 1.00. The molecule has 0 bridgehead atoms. The summed E-state index contributed by atoms with van der Waals surface area (Å²) < 4.78 is 33.7. The van der Waals surface area contributed by atoms with Crippen molar-refractivity contribution in [3.05, 3.63) is 92.3 Å². The number of halogens is 2. The van der Waals surface area contributed by atoms with E-state index in [0.717, 1.165) is 52.4 Å². The Hall–Kier alpha value is -3.10. The summed E-state index contributed by atoms with van der Waals surface area (Å²) in [4.78, 5) is 19.9. The number of rotatable bonds is 7. The standard InChI is InChI=1S/C26H25F2N3O2S/c1-33-22-5-3-2-4-17(22)10-11-31-15-30-25-24(26(31)32)19-8-7-18(13-23(19)34-25)29-14-16-6-9-20(27)21(28)12-16/h2-6,9,12,15,18,29H,7-8,10-11,13-14H2,1H3. The molecule has 176 valence electrons. The fraction of sp³-hybridized carbons (Fsp3) is 0.308. The predicted molar refractivity (Wildman–Crippen MR) is 130 cm³/mol. The van der Waals surface area contributed by atoms with Crippen LogP contribution in [0.2, 0.25) is 0 Å². The van der Waals surface area contributed by atoms with Crippen molar-refractivity contribution in [3.8, 4) is 5.75 Å². The lowest BCUT2D eigenvalue weighted by Gasteiger charge is -2.23. The molecule has 0 radical (unpaired) electrons. The van der Waals surface area contributed by atoms with Gasteiger partial charge in [-0.2, -0.15) is 0 Å². The molecule has 0 saturated heterocycles. The summed E-state index contributed by atoms with van der Waals surface area (Å²) in [5.74, 6) is -0.848. The minimum atomic E-state index is -0.836. The molecule has 1 unspecified atom stereocenters. The van der Waals surface area contributed by atoms with Gasteiger partial charge in [-0.05, 0) is 60.6 Å². The van der Waals surface area contributed by atoms with Crippen molar-refractivity contribution in [2.24, 2.45) is 0 Å². The molecular formula is C26H25F2N3O2S. The van der Waals surface area contributed by atoms with Crippen molar-refractivity contribution in [2.45, 2.75) is 44.8 Å². The number of nitrogens with zero attached hydrogens (tertiary/aromatic N) is 2. The maximum absolute atomic E-state index is 13.5. The molecule has 2 aromatic heterocycles. The zero-order valence-corrected chi connectivity index (χ0v) is 19.6. The summed E-state index contributed by atoms with van der Waals surface area (Å²) >= 11 is 1.58. The van der Waals surface area contributed by atoms with Crippen molar-refractivity contribution in [3.63, 3.8) is 0 Å². The molecule has 1 aliphatic carbocycles. The van der Waals surface area contributed by atoms with E-state index in [4.69, 9.17) is 4.74 Å². The smallest absolute Gasteiger partial charge is 0.262 e.